The first kappa shape index (κ1) is 16.1. The van der Waals surface area contributed by atoms with Crippen LogP contribution in [0.25, 0.3) is 0 Å². The van der Waals surface area contributed by atoms with Gasteiger partial charge in [0.05, 0.1) is 16.7 Å². The Morgan fingerprint density at radius 3 is 2.87 bits per heavy atom. The van der Waals surface area contributed by atoms with Crippen LogP contribution in [0.2, 0.25) is 5.02 Å². The third kappa shape index (κ3) is 3.61. The van der Waals surface area contributed by atoms with Crippen LogP contribution in [0.3, 0.4) is 0 Å². The minimum atomic E-state index is -0.150. The summed E-state index contributed by atoms with van der Waals surface area (Å²) in [5, 5.41) is 15.7. The fraction of sp³-hybridized carbons (Fsp3) is 0.176. The molecule has 1 aromatic carbocycles. The quantitative estimate of drug-likeness (QED) is 0.861. The van der Waals surface area contributed by atoms with E-state index >= 15 is 0 Å². The van der Waals surface area contributed by atoms with E-state index in [9.17, 15) is 10.1 Å². The average Bonchev–Trinajstić information content (AvgIpc) is 3.08. The van der Waals surface area contributed by atoms with Crippen LogP contribution < -0.4 is 5.32 Å². The summed E-state index contributed by atoms with van der Waals surface area (Å²) in [4.78, 5) is 13.1. The third-order valence-corrected chi connectivity index (χ3v) is 5.99. The number of thiophene rings is 1. The number of hydrogen-bond acceptors (Lipinski definition) is 4. The van der Waals surface area contributed by atoms with Gasteiger partial charge in [0.2, 0.25) is 5.91 Å². The van der Waals surface area contributed by atoms with Crippen molar-refractivity contribution in [3.05, 3.63) is 67.8 Å². The SMILES string of the molecule is N#CC1=C(SCc2ccccc2Cl)NC(=O)CC1c1cccs1. The van der Waals surface area contributed by atoms with Gasteiger partial charge in [-0.3, -0.25) is 4.79 Å². The number of halogens is 1. The van der Waals surface area contributed by atoms with Crippen molar-refractivity contribution in [2.75, 3.05) is 0 Å². The van der Waals surface area contributed by atoms with E-state index in [0.717, 1.165) is 10.4 Å². The van der Waals surface area contributed by atoms with E-state index in [0.29, 0.717) is 27.8 Å². The van der Waals surface area contributed by atoms with E-state index < -0.39 is 0 Å². The standard InChI is InChI=1S/C17H13ClN2OS2/c18-14-5-2-1-4-11(14)10-23-17-13(9-19)12(8-16(21)20-17)15-6-3-7-22-15/h1-7,12H,8,10H2,(H,20,21). The predicted octanol–water partition coefficient (Wildman–Crippen LogP) is 4.67. The molecule has 0 aliphatic carbocycles. The van der Waals surface area contributed by atoms with Gasteiger partial charge in [-0.05, 0) is 23.1 Å². The number of hydrogen-bond donors (Lipinski definition) is 1. The Bertz CT molecular complexity index is 793. The van der Waals surface area contributed by atoms with Gasteiger partial charge in [-0.15, -0.1) is 23.1 Å². The van der Waals surface area contributed by atoms with Gasteiger partial charge >= 0.3 is 0 Å². The molecule has 1 aromatic heterocycles. The van der Waals surface area contributed by atoms with Crippen LogP contribution >= 0.6 is 34.7 Å². The minimum absolute atomic E-state index is 0.0518. The molecule has 116 valence electrons. The van der Waals surface area contributed by atoms with Crippen LogP contribution in [0.4, 0.5) is 0 Å². The number of benzene rings is 1. The van der Waals surface area contributed by atoms with E-state index in [1.54, 1.807) is 11.3 Å². The van der Waals surface area contributed by atoms with Crippen molar-refractivity contribution >= 4 is 40.6 Å². The lowest BCUT2D eigenvalue weighted by Gasteiger charge is -2.24. The molecule has 1 N–H and O–H groups in total. The van der Waals surface area contributed by atoms with Crippen LogP contribution in [0, 0.1) is 11.3 Å². The molecule has 3 rings (SSSR count). The van der Waals surface area contributed by atoms with Gasteiger partial charge < -0.3 is 5.32 Å². The summed E-state index contributed by atoms with van der Waals surface area (Å²) in [5.74, 6) is 0.406. The zero-order chi connectivity index (χ0) is 16.2. The van der Waals surface area contributed by atoms with Gasteiger partial charge in [0.15, 0.2) is 0 Å². The first-order valence-electron chi connectivity index (χ1n) is 7.02. The molecule has 1 amide bonds. The zero-order valence-electron chi connectivity index (χ0n) is 12.1. The highest BCUT2D eigenvalue weighted by molar-refractivity contribution is 8.02. The summed E-state index contributed by atoms with van der Waals surface area (Å²) in [5.41, 5.74) is 1.61. The van der Waals surface area contributed by atoms with Gasteiger partial charge in [0.1, 0.15) is 0 Å². The monoisotopic (exact) mass is 360 g/mol. The lowest BCUT2D eigenvalue weighted by Crippen LogP contribution is -2.30. The molecule has 1 atom stereocenters. The lowest BCUT2D eigenvalue weighted by atomic mass is 9.93. The van der Waals surface area contributed by atoms with E-state index in [1.807, 2.05) is 41.8 Å². The number of carbonyl (C=O) groups excluding carboxylic acids is 1. The molecular formula is C17H13ClN2OS2. The average molecular weight is 361 g/mol. The van der Waals surface area contributed by atoms with Crippen molar-refractivity contribution in [2.24, 2.45) is 0 Å². The molecule has 0 radical (unpaired) electrons. The van der Waals surface area contributed by atoms with Gasteiger partial charge in [-0.25, -0.2) is 0 Å². The van der Waals surface area contributed by atoms with E-state index in [2.05, 4.69) is 11.4 Å². The zero-order valence-corrected chi connectivity index (χ0v) is 14.5. The molecule has 3 nitrogen and oxygen atoms in total. The summed E-state index contributed by atoms with van der Waals surface area (Å²) < 4.78 is 0. The summed E-state index contributed by atoms with van der Waals surface area (Å²) in [6.07, 6.45) is 0.319. The number of nitriles is 1. The second-order valence-electron chi connectivity index (χ2n) is 5.05. The third-order valence-electron chi connectivity index (χ3n) is 3.57. The Morgan fingerprint density at radius 2 is 2.17 bits per heavy atom. The molecule has 0 saturated carbocycles. The number of allylic oxidation sites excluding steroid dienone is 1. The second kappa shape index (κ2) is 7.22. The first-order valence-corrected chi connectivity index (χ1v) is 9.27. The Kier molecular flexibility index (Phi) is 5.06. The number of rotatable bonds is 4. The van der Waals surface area contributed by atoms with Gasteiger partial charge in [-0.2, -0.15) is 5.26 Å². The topological polar surface area (TPSA) is 52.9 Å². The summed E-state index contributed by atoms with van der Waals surface area (Å²) in [6.45, 7) is 0. The highest BCUT2D eigenvalue weighted by atomic mass is 35.5. The molecular weight excluding hydrogens is 348 g/mol. The Balaban J connectivity index is 1.87. The summed E-state index contributed by atoms with van der Waals surface area (Å²) in [7, 11) is 0. The molecule has 0 spiro atoms. The fourth-order valence-electron chi connectivity index (χ4n) is 2.43. The lowest BCUT2D eigenvalue weighted by molar-refractivity contribution is -0.120. The molecule has 0 fully saturated rings. The molecule has 1 aliphatic heterocycles. The van der Waals surface area contributed by atoms with Crippen LogP contribution in [0.15, 0.2) is 52.4 Å². The molecule has 23 heavy (non-hydrogen) atoms. The predicted molar refractivity (Wildman–Crippen MR) is 95.2 cm³/mol. The maximum Gasteiger partial charge on any atom is 0.225 e. The molecule has 1 unspecified atom stereocenters. The smallest absolute Gasteiger partial charge is 0.225 e. The highest BCUT2D eigenvalue weighted by Gasteiger charge is 2.30. The van der Waals surface area contributed by atoms with E-state index in [4.69, 9.17) is 11.6 Å². The number of nitrogens with zero attached hydrogens (tertiary/aromatic N) is 1. The van der Waals surface area contributed by atoms with Crippen molar-refractivity contribution in [3.8, 4) is 6.07 Å². The van der Waals surface area contributed by atoms with E-state index in [1.165, 1.54) is 11.8 Å². The van der Waals surface area contributed by atoms with Crippen molar-refractivity contribution in [2.45, 2.75) is 18.1 Å². The minimum Gasteiger partial charge on any atom is -0.320 e. The van der Waals surface area contributed by atoms with Crippen LogP contribution in [0.1, 0.15) is 22.8 Å². The van der Waals surface area contributed by atoms with Crippen LogP contribution in [-0.4, -0.2) is 5.91 Å². The largest absolute Gasteiger partial charge is 0.320 e. The van der Waals surface area contributed by atoms with Gasteiger partial charge in [0.25, 0.3) is 0 Å². The normalized spacial score (nSPS) is 17.7. The maximum atomic E-state index is 12.0. The van der Waals surface area contributed by atoms with E-state index in [-0.39, 0.29) is 11.8 Å². The second-order valence-corrected chi connectivity index (χ2v) is 7.43. The molecule has 2 aromatic rings. The Labute approximate surface area is 148 Å². The number of nitrogens with one attached hydrogen (secondary N) is 1. The van der Waals surface area contributed by atoms with Crippen molar-refractivity contribution in [1.29, 1.82) is 5.26 Å². The van der Waals surface area contributed by atoms with Crippen LogP contribution in [-0.2, 0) is 10.5 Å². The van der Waals surface area contributed by atoms with Gasteiger partial charge in [0, 0.05) is 28.0 Å². The molecule has 6 heteroatoms. The van der Waals surface area contributed by atoms with Gasteiger partial charge in [-0.1, -0.05) is 35.9 Å². The number of amides is 1. The maximum absolute atomic E-state index is 12.0. The molecule has 1 aliphatic rings. The molecule has 0 bridgehead atoms. The summed E-state index contributed by atoms with van der Waals surface area (Å²) in [6, 6.07) is 13.8. The Morgan fingerprint density at radius 1 is 1.35 bits per heavy atom. The van der Waals surface area contributed by atoms with Crippen molar-refractivity contribution in [3.63, 3.8) is 0 Å². The molecule has 2 heterocycles. The molecule has 0 saturated heterocycles. The van der Waals surface area contributed by atoms with Crippen molar-refractivity contribution < 1.29 is 4.79 Å². The summed E-state index contributed by atoms with van der Waals surface area (Å²) >= 11 is 9.19. The first-order chi connectivity index (χ1) is 11.2. The highest BCUT2D eigenvalue weighted by Crippen LogP contribution is 2.38. The number of thioether (sulfide) groups is 1. The fourth-order valence-corrected chi connectivity index (χ4v) is 4.63. The Hall–Kier alpha value is -1.74. The van der Waals surface area contributed by atoms with Crippen LogP contribution in [0.5, 0.6) is 0 Å². The number of carbonyl (C=O) groups is 1. The van der Waals surface area contributed by atoms with Crippen molar-refractivity contribution in [1.82, 2.24) is 5.32 Å².